The van der Waals surface area contributed by atoms with Crippen LogP contribution < -0.4 is 14.8 Å². The summed E-state index contributed by atoms with van der Waals surface area (Å²) >= 11 is 0. The van der Waals surface area contributed by atoms with Gasteiger partial charge in [0, 0.05) is 12.5 Å². The molecule has 0 heterocycles. The fourth-order valence-electron chi connectivity index (χ4n) is 2.54. The van der Waals surface area contributed by atoms with Gasteiger partial charge in [-0.05, 0) is 26.0 Å². The minimum Gasteiger partial charge on any atom is -0.493 e. The smallest absolute Gasteiger partial charge is 0.273 e. The Balaban J connectivity index is 2.18. The zero-order chi connectivity index (χ0) is 15.5. The third-order valence-corrected chi connectivity index (χ3v) is 3.81. The molecule has 21 heavy (non-hydrogen) atoms. The fourth-order valence-corrected chi connectivity index (χ4v) is 2.54. The van der Waals surface area contributed by atoms with Crippen LogP contribution in [0.3, 0.4) is 0 Å². The summed E-state index contributed by atoms with van der Waals surface area (Å²) in [6.07, 6.45) is 1.75. The van der Waals surface area contributed by atoms with Gasteiger partial charge < -0.3 is 14.8 Å². The molecule has 0 radical (unpaired) electrons. The van der Waals surface area contributed by atoms with Gasteiger partial charge in [-0.2, -0.15) is 5.26 Å². The van der Waals surface area contributed by atoms with Crippen LogP contribution in [-0.2, 0) is 0 Å². The van der Waals surface area contributed by atoms with Gasteiger partial charge in [-0.15, -0.1) is 0 Å². The molecule has 2 unspecified atom stereocenters. The maximum absolute atomic E-state index is 10.8. The molecule has 1 fully saturated rings. The van der Waals surface area contributed by atoms with E-state index < -0.39 is 10.5 Å². The van der Waals surface area contributed by atoms with Crippen molar-refractivity contribution in [3.05, 3.63) is 28.3 Å². The molecule has 0 bridgehead atoms. The number of hydrogen-bond acceptors (Lipinski definition) is 6. The van der Waals surface area contributed by atoms with Crippen molar-refractivity contribution in [2.75, 3.05) is 14.2 Å². The number of ether oxygens (including phenoxy) is 2. The highest BCUT2D eigenvalue weighted by Gasteiger charge is 2.39. The maximum atomic E-state index is 10.8. The van der Waals surface area contributed by atoms with E-state index in [1.807, 2.05) is 0 Å². The first-order valence-electron chi connectivity index (χ1n) is 6.63. The molecule has 1 saturated carbocycles. The Bertz CT molecular complexity index is 584. The number of benzene rings is 1. The van der Waals surface area contributed by atoms with Crippen LogP contribution in [0.4, 0.5) is 5.69 Å². The van der Waals surface area contributed by atoms with Gasteiger partial charge in [0.2, 0.25) is 0 Å². The van der Waals surface area contributed by atoms with Crippen molar-refractivity contribution in [1.29, 1.82) is 5.26 Å². The highest BCUT2D eigenvalue weighted by molar-refractivity contribution is 5.48. The van der Waals surface area contributed by atoms with Crippen LogP contribution in [0.2, 0.25) is 0 Å². The molecule has 1 aliphatic rings. The zero-order valence-electron chi connectivity index (χ0n) is 12.0. The van der Waals surface area contributed by atoms with Crippen LogP contribution in [0, 0.1) is 21.4 Å². The summed E-state index contributed by atoms with van der Waals surface area (Å²) in [5, 5.41) is 23.1. The van der Waals surface area contributed by atoms with Crippen LogP contribution in [0.15, 0.2) is 18.2 Å². The van der Waals surface area contributed by atoms with Gasteiger partial charge in [0.1, 0.15) is 11.6 Å². The van der Waals surface area contributed by atoms with Gasteiger partial charge in [0.15, 0.2) is 11.5 Å². The lowest BCUT2D eigenvalue weighted by Gasteiger charge is -2.20. The van der Waals surface area contributed by atoms with Crippen molar-refractivity contribution >= 4 is 5.69 Å². The van der Waals surface area contributed by atoms with Crippen molar-refractivity contribution in [3.63, 3.8) is 0 Å². The molecule has 0 aliphatic heterocycles. The second-order valence-corrected chi connectivity index (χ2v) is 5.02. The van der Waals surface area contributed by atoms with Gasteiger partial charge in [-0.3, -0.25) is 10.1 Å². The molecule has 1 N–H and O–H groups in total. The van der Waals surface area contributed by atoms with Gasteiger partial charge >= 0.3 is 0 Å². The number of non-ortho nitro benzene ring substituents is 1. The maximum Gasteiger partial charge on any atom is 0.273 e. The second kappa shape index (κ2) is 5.97. The van der Waals surface area contributed by atoms with Crippen molar-refractivity contribution in [2.24, 2.45) is 0 Å². The number of nitriles is 1. The molecule has 0 aromatic heterocycles. The Hall–Kier alpha value is -2.33. The average Bonchev–Trinajstić information content (AvgIpc) is 2.91. The molecule has 0 spiro atoms. The summed E-state index contributed by atoms with van der Waals surface area (Å²) in [5.74, 6) is 0.779. The minimum atomic E-state index is -0.585. The molecular weight excluding hydrogens is 274 g/mol. The lowest BCUT2D eigenvalue weighted by Crippen LogP contribution is -2.39. The Labute approximate surface area is 122 Å². The number of nitro groups is 1. The first-order valence-corrected chi connectivity index (χ1v) is 6.63. The van der Waals surface area contributed by atoms with E-state index in [0.717, 1.165) is 0 Å². The molecule has 112 valence electrons. The minimum absolute atomic E-state index is 0.0519. The summed E-state index contributed by atoms with van der Waals surface area (Å²) < 4.78 is 11.0. The SMILES string of the molecule is CNC1(C#N)CCC(Oc2cc([N+](=O)[O-])ccc2OC)C1. The van der Waals surface area contributed by atoms with E-state index in [1.54, 1.807) is 7.05 Å². The lowest BCUT2D eigenvalue weighted by molar-refractivity contribution is -0.385. The van der Waals surface area contributed by atoms with Gasteiger partial charge in [-0.25, -0.2) is 0 Å². The Morgan fingerprint density at radius 3 is 2.81 bits per heavy atom. The van der Waals surface area contributed by atoms with Crippen molar-refractivity contribution in [3.8, 4) is 17.6 Å². The summed E-state index contributed by atoms with van der Waals surface area (Å²) in [6.45, 7) is 0. The fraction of sp³-hybridized carbons (Fsp3) is 0.500. The molecule has 2 rings (SSSR count). The van der Waals surface area contributed by atoms with E-state index in [-0.39, 0.29) is 11.8 Å². The number of nitrogens with zero attached hydrogens (tertiary/aromatic N) is 2. The highest BCUT2D eigenvalue weighted by atomic mass is 16.6. The van der Waals surface area contributed by atoms with Gasteiger partial charge in [0.25, 0.3) is 5.69 Å². The molecule has 7 nitrogen and oxygen atoms in total. The Morgan fingerprint density at radius 2 is 2.29 bits per heavy atom. The third-order valence-electron chi connectivity index (χ3n) is 3.81. The van der Waals surface area contributed by atoms with E-state index in [1.165, 1.54) is 25.3 Å². The summed E-state index contributed by atoms with van der Waals surface area (Å²) in [6, 6.07) is 6.50. The number of hydrogen-bond donors (Lipinski definition) is 1. The molecular formula is C14H17N3O4. The summed E-state index contributed by atoms with van der Waals surface area (Å²) in [7, 11) is 3.23. The summed E-state index contributed by atoms with van der Waals surface area (Å²) in [5.41, 5.74) is -0.637. The molecule has 7 heteroatoms. The van der Waals surface area contributed by atoms with E-state index in [2.05, 4.69) is 11.4 Å². The molecule has 1 aliphatic carbocycles. The number of methoxy groups -OCH3 is 1. The van der Waals surface area contributed by atoms with Crippen LogP contribution in [0.5, 0.6) is 11.5 Å². The summed E-state index contributed by atoms with van der Waals surface area (Å²) in [4.78, 5) is 10.4. The zero-order valence-corrected chi connectivity index (χ0v) is 12.0. The van der Waals surface area contributed by atoms with Crippen LogP contribution in [-0.4, -0.2) is 30.7 Å². The largest absolute Gasteiger partial charge is 0.493 e. The molecule has 2 atom stereocenters. The number of rotatable bonds is 5. The molecule has 1 aromatic rings. The monoisotopic (exact) mass is 291 g/mol. The highest BCUT2D eigenvalue weighted by Crippen LogP contribution is 2.37. The first-order chi connectivity index (χ1) is 10.0. The topological polar surface area (TPSA) is 97.4 Å². The molecule has 1 aromatic carbocycles. The van der Waals surface area contributed by atoms with Crippen LogP contribution in [0.1, 0.15) is 19.3 Å². The number of nitro benzene ring substituents is 1. The first kappa shape index (κ1) is 15.1. The van der Waals surface area contributed by atoms with E-state index >= 15 is 0 Å². The lowest BCUT2D eigenvalue weighted by atomic mass is 10.0. The van der Waals surface area contributed by atoms with E-state index in [4.69, 9.17) is 9.47 Å². The van der Waals surface area contributed by atoms with E-state index in [0.29, 0.717) is 30.8 Å². The average molecular weight is 291 g/mol. The quantitative estimate of drug-likeness (QED) is 0.658. The van der Waals surface area contributed by atoms with Crippen molar-refractivity contribution in [1.82, 2.24) is 5.32 Å². The van der Waals surface area contributed by atoms with E-state index in [9.17, 15) is 15.4 Å². The third kappa shape index (κ3) is 3.06. The van der Waals surface area contributed by atoms with Gasteiger partial charge in [-0.1, -0.05) is 0 Å². The Kier molecular flexibility index (Phi) is 4.29. The van der Waals surface area contributed by atoms with Crippen molar-refractivity contribution in [2.45, 2.75) is 30.9 Å². The molecule has 0 saturated heterocycles. The standard InChI is InChI=1S/C14H17N3O4/c1-16-14(9-15)6-5-11(8-14)21-13-7-10(17(18)19)3-4-12(13)20-2/h3-4,7,11,16H,5-6,8H2,1-2H3. The molecule has 0 amide bonds. The number of nitrogens with one attached hydrogen (secondary N) is 1. The van der Waals surface area contributed by atoms with Gasteiger partial charge in [0.05, 0.1) is 24.2 Å². The van der Waals surface area contributed by atoms with Crippen LogP contribution >= 0.6 is 0 Å². The second-order valence-electron chi connectivity index (χ2n) is 5.02. The van der Waals surface area contributed by atoms with Crippen molar-refractivity contribution < 1.29 is 14.4 Å². The normalized spacial score (nSPS) is 24.3. The van der Waals surface area contributed by atoms with Crippen LogP contribution in [0.25, 0.3) is 0 Å². The Morgan fingerprint density at radius 1 is 1.52 bits per heavy atom. The predicted octanol–water partition coefficient (Wildman–Crippen LogP) is 2.02. The predicted molar refractivity (Wildman–Crippen MR) is 75.3 cm³/mol.